The first-order chi connectivity index (χ1) is 12.8. The van der Waals surface area contributed by atoms with Gasteiger partial charge in [-0.1, -0.05) is 36.4 Å². The van der Waals surface area contributed by atoms with E-state index in [0.29, 0.717) is 19.5 Å². The van der Waals surface area contributed by atoms with E-state index in [-0.39, 0.29) is 11.8 Å². The molecule has 1 atom stereocenters. The van der Waals surface area contributed by atoms with Crippen molar-refractivity contribution in [2.45, 2.75) is 31.8 Å². The number of hydrogen-bond acceptors (Lipinski definition) is 4. The minimum absolute atomic E-state index is 0.0949. The number of pyridine rings is 1. The normalized spacial score (nSPS) is 17.0. The fourth-order valence-electron chi connectivity index (χ4n) is 3.45. The van der Waals surface area contributed by atoms with Gasteiger partial charge in [0.1, 0.15) is 12.2 Å². The molecule has 26 heavy (non-hydrogen) atoms. The Bertz CT molecular complexity index is 862. The highest BCUT2D eigenvalue weighted by molar-refractivity contribution is 5.79. The van der Waals surface area contributed by atoms with Gasteiger partial charge in [0.2, 0.25) is 5.91 Å². The van der Waals surface area contributed by atoms with Crippen molar-refractivity contribution in [3.8, 4) is 0 Å². The summed E-state index contributed by atoms with van der Waals surface area (Å²) in [7, 11) is 0. The number of carbonyl (C=O) groups is 1. The average molecular weight is 347 g/mol. The molecule has 1 amide bonds. The number of amides is 1. The van der Waals surface area contributed by atoms with Crippen LogP contribution in [-0.4, -0.2) is 37.1 Å². The van der Waals surface area contributed by atoms with Crippen LogP contribution in [0.1, 0.15) is 29.3 Å². The van der Waals surface area contributed by atoms with Gasteiger partial charge < -0.3 is 4.90 Å². The summed E-state index contributed by atoms with van der Waals surface area (Å²) in [4.78, 5) is 22.9. The third kappa shape index (κ3) is 3.64. The second kappa shape index (κ2) is 7.47. The summed E-state index contributed by atoms with van der Waals surface area (Å²) >= 11 is 0. The largest absolute Gasteiger partial charge is 0.338 e. The van der Waals surface area contributed by atoms with Gasteiger partial charge in [-0.2, -0.15) is 5.10 Å². The molecule has 1 aliphatic heterocycles. The molecular formula is C20H21N5O. The van der Waals surface area contributed by atoms with E-state index in [4.69, 9.17) is 0 Å². The van der Waals surface area contributed by atoms with E-state index in [1.807, 2.05) is 46.1 Å². The van der Waals surface area contributed by atoms with Crippen LogP contribution in [0.15, 0.2) is 61.2 Å². The summed E-state index contributed by atoms with van der Waals surface area (Å²) in [5.74, 6) is 1.16. The van der Waals surface area contributed by atoms with Gasteiger partial charge in [0.25, 0.3) is 0 Å². The van der Waals surface area contributed by atoms with E-state index in [1.54, 1.807) is 12.5 Å². The smallest absolute Gasteiger partial charge is 0.223 e. The van der Waals surface area contributed by atoms with Crippen LogP contribution in [0.4, 0.5) is 0 Å². The summed E-state index contributed by atoms with van der Waals surface area (Å²) in [6, 6.07) is 14.2. The number of aromatic nitrogens is 4. The number of benzene rings is 1. The molecule has 4 rings (SSSR count). The lowest BCUT2D eigenvalue weighted by Gasteiger charge is -2.16. The Balaban J connectivity index is 1.42. The molecule has 0 spiro atoms. The van der Waals surface area contributed by atoms with E-state index in [9.17, 15) is 4.79 Å². The van der Waals surface area contributed by atoms with E-state index in [2.05, 4.69) is 27.2 Å². The Labute approximate surface area is 152 Å². The maximum absolute atomic E-state index is 12.4. The predicted molar refractivity (Wildman–Crippen MR) is 97.2 cm³/mol. The molecule has 0 radical (unpaired) electrons. The second-order valence-electron chi connectivity index (χ2n) is 6.61. The van der Waals surface area contributed by atoms with E-state index in [1.165, 1.54) is 5.56 Å². The first-order valence-corrected chi connectivity index (χ1v) is 8.88. The number of nitrogens with zero attached hydrogens (tertiary/aromatic N) is 5. The maximum Gasteiger partial charge on any atom is 0.223 e. The van der Waals surface area contributed by atoms with Crippen molar-refractivity contribution in [2.24, 2.45) is 0 Å². The number of rotatable bonds is 6. The summed E-state index contributed by atoms with van der Waals surface area (Å²) < 4.78 is 1.94. The van der Waals surface area contributed by atoms with Gasteiger partial charge in [-0.25, -0.2) is 9.67 Å². The number of aryl methyl sites for hydroxylation is 2. The van der Waals surface area contributed by atoms with Crippen LogP contribution in [0.2, 0.25) is 0 Å². The SMILES string of the molecule is O=C1C[C@H](c2ncnn2CCc2ccccc2)CN1Cc1cccnc1. The van der Waals surface area contributed by atoms with Gasteiger partial charge in [0.15, 0.2) is 0 Å². The molecule has 6 heteroatoms. The fourth-order valence-corrected chi connectivity index (χ4v) is 3.45. The fraction of sp³-hybridized carbons (Fsp3) is 0.300. The topological polar surface area (TPSA) is 63.9 Å². The quantitative estimate of drug-likeness (QED) is 0.687. The van der Waals surface area contributed by atoms with Gasteiger partial charge in [0, 0.05) is 44.4 Å². The highest BCUT2D eigenvalue weighted by Gasteiger charge is 2.33. The average Bonchev–Trinajstić information content (AvgIpc) is 3.28. The molecule has 0 bridgehead atoms. The Morgan fingerprint density at radius 1 is 1.08 bits per heavy atom. The molecule has 1 aromatic carbocycles. The minimum Gasteiger partial charge on any atom is -0.338 e. The zero-order valence-corrected chi connectivity index (χ0v) is 14.5. The summed E-state index contributed by atoms with van der Waals surface area (Å²) in [5, 5.41) is 4.38. The molecule has 132 valence electrons. The molecule has 2 aromatic heterocycles. The zero-order chi connectivity index (χ0) is 17.8. The van der Waals surface area contributed by atoms with Gasteiger partial charge >= 0.3 is 0 Å². The maximum atomic E-state index is 12.4. The van der Waals surface area contributed by atoms with Crippen LogP contribution in [0, 0.1) is 0 Å². The highest BCUT2D eigenvalue weighted by atomic mass is 16.2. The van der Waals surface area contributed by atoms with Gasteiger partial charge in [-0.3, -0.25) is 9.78 Å². The molecule has 0 N–H and O–H groups in total. The van der Waals surface area contributed by atoms with Crippen LogP contribution in [-0.2, 0) is 24.3 Å². The number of hydrogen-bond donors (Lipinski definition) is 0. The van der Waals surface area contributed by atoms with Gasteiger partial charge in [-0.15, -0.1) is 0 Å². The van der Waals surface area contributed by atoms with Crippen LogP contribution in [0.3, 0.4) is 0 Å². The minimum atomic E-state index is 0.0949. The molecule has 0 unspecified atom stereocenters. The molecule has 1 saturated heterocycles. The predicted octanol–water partition coefficient (Wildman–Crippen LogP) is 2.43. The summed E-state index contributed by atoms with van der Waals surface area (Å²) in [6.45, 7) is 2.05. The van der Waals surface area contributed by atoms with Crippen molar-refractivity contribution in [3.63, 3.8) is 0 Å². The lowest BCUT2D eigenvalue weighted by atomic mass is 10.1. The Morgan fingerprint density at radius 2 is 1.92 bits per heavy atom. The molecule has 0 aliphatic carbocycles. The monoisotopic (exact) mass is 347 g/mol. The lowest BCUT2D eigenvalue weighted by Crippen LogP contribution is -2.24. The number of likely N-dealkylation sites (tertiary alicyclic amines) is 1. The Hall–Kier alpha value is -3.02. The van der Waals surface area contributed by atoms with Crippen LogP contribution in [0.5, 0.6) is 0 Å². The molecular weight excluding hydrogens is 326 g/mol. The van der Waals surface area contributed by atoms with E-state index >= 15 is 0 Å². The third-order valence-corrected chi connectivity index (χ3v) is 4.78. The zero-order valence-electron chi connectivity index (χ0n) is 14.5. The first kappa shape index (κ1) is 16.4. The van der Waals surface area contributed by atoms with Gasteiger partial charge in [-0.05, 0) is 23.6 Å². The van der Waals surface area contributed by atoms with Crippen molar-refractivity contribution < 1.29 is 4.79 Å². The van der Waals surface area contributed by atoms with Crippen molar-refractivity contribution >= 4 is 5.91 Å². The second-order valence-corrected chi connectivity index (χ2v) is 6.61. The van der Waals surface area contributed by atoms with Crippen molar-refractivity contribution in [3.05, 3.63) is 78.1 Å². The lowest BCUT2D eigenvalue weighted by molar-refractivity contribution is -0.128. The number of carbonyl (C=O) groups excluding carboxylic acids is 1. The van der Waals surface area contributed by atoms with Crippen molar-refractivity contribution in [1.29, 1.82) is 0 Å². The third-order valence-electron chi connectivity index (χ3n) is 4.78. The van der Waals surface area contributed by atoms with Crippen LogP contribution >= 0.6 is 0 Å². The molecule has 6 nitrogen and oxygen atoms in total. The Kier molecular flexibility index (Phi) is 4.73. The van der Waals surface area contributed by atoms with Crippen molar-refractivity contribution in [2.75, 3.05) is 6.54 Å². The first-order valence-electron chi connectivity index (χ1n) is 8.88. The Morgan fingerprint density at radius 3 is 2.73 bits per heavy atom. The molecule has 1 aliphatic rings. The molecule has 3 aromatic rings. The van der Waals surface area contributed by atoms with Crippen LogP contribution < -0.4 is 0 Å². The summed E-state index contributed by atoms with van der Waals surface area (Å²) in [5.41, 5.74) is 2.32. The highest BCUT2D eigenvalue weighted by Crippen LogP contribution is 2.27. The molecule has 0 saturated carbocycles. The van der Waals surface area contributed by atoms with E-state index in [0.717, 1.165) is 24.4 Å². The van der Waals surface area contributed by atoms with Crippen LogP contribution in [0.25, 0.3) is 0 Å². The van der Waals surface area contributed by atoms with E-state index < -0.39 is 0 Å². The summed E-state index contributed by atoms with van der Waals surface area (Å²) in [6.07, 6.45) is 6.53. The van der Waals surface area contributed by atoms with Crippen molar-refractivity contribution in [1.82, 2.24) is 24.6 Å². The molecule has 1 fully saturated rings. The standard InChI is InChI=1S/C20H21N5O/c26-19-11-18(14-24(19)13-17-7-4-9-21-12-17)20-22-15-23-25(20)10-8-16-5-2-1-3-6-16/h1-7,9,12,15,18H,8,10-11,13-14H2/t18-/m0/s1. The molecule has 3 heterocycles. The van der Waals surface area contributed by atoms with Gasteiger partial charge in [0.05, 0.1) is 0 Å².